The molecule has 1 aromatic rings. The van der Waals surface area contributed by atoms with Crippen LogP contribution in [-0.2, 0) is 15.8 Å². The molecule has 2 heterocycles. The molecule has 2 saturated heterocycles. The highest BCUT2D eigenvalue weighted by Gasteiger charge is 2.34. The number of benzene rings is 1. The Morgan fingerprint density at radius 3 is 2.15 bits per heavy atom. The van der Waals surface area contributed by atoms with Gasteiger partial charge in [0.05, 0.1) is 5.56 Å². The lowest BCUT2D eigenvalue weighted by atomic mass is 9.81. The molecule has 2 aliphatic heterocycles. The quantitative estimate of drug-likeness (QED) is 0.693. The first-order valence-corrected chi connectivity index (χ1v) is 11.2. The van der Waals surface area contributed by atoms with E-state index in [0.717, 1.165) is 38.2 Å². The molecule has 0 spiro atoms. The predicted octanol–water partition coefficient (Wildman–Crippen LogP) is 2.81. The SMILES string of the molecule is CC(=O)N1CCN(CCC2CN(C(=O)c3ccc(C(F)(F)F)cc3)CCC2CC(=O)O)CC1. The molecule has 0 radical (unpaired) electrons. The van der Waals surface area contributed by atoms with Crippen LogP contribution in [0.2, 0.25) is 0 Å². The van der Waals surface area contributed by atoms with E-state index in [1.54, 1.807) is 16.7 Å². The van der Waals surface area contributed by atoms with Gasteiger partial charge in [-0.1, -0.05) is 0 Å². The van der Waals surface area contributed by atoms with E-state index in [0.29, 0.717) is 32.6 Å². The average molecular weight is 470 g/mol. The number of piperazine rings is 1. The van der Waals surface area contributed by atoms with Crippen molar-refractivity contribution < 1.29 is 32.7 Å². The van der Waals surface area contributed by atoms with Gasteiger partial charge in [-0.05, 0) is 55.5 Å². The van der Waals surface area contributed by atoms with Gasteiger partial charge in [0.2, 0.25) is 5.91 Å². The molecule has 0 aliphatic carbocycles. The second-order valence-corrected chi connectivity index (χ2v) is 8.87. The summed E-state index contributed by atoms with van der Waals surface area (Å²) in [5.41, 5.74) is -0.610. The largest absolute Gasteiger partial charge is 0.481 e. The summed E-state index contributed by atoms with van der Waals surface area (Å²) in [6, 6.07) is 4.20. The zero-order chi connectivity index (χ0) is 24.2. The van der Waals surface area contributed by atoms with Gasteiger partial charge in [-0.15, -0.1) is 0 Å². The van der Waals surface area contributed by atoms with Crippen molar-refractivity contribution in [2.24, 2.45) is 11.8 Å². The number of aliphatic carboxylic acids is 1. The van der Waals surface area contributed by atoms with Gasteiger partial charge in [-0.25, -0.2) is 0 Å². The Morgan fingerprint density at radius 2 is 1.61 bits per heavy atom. The number of hydrogen-bond acceptors (Lipinski definition) is 4. The second kappa shape index (κ2) is 10.5. The Morgan fingerprint density at radius 1 is 0.970 bits per heavy atom. The van der Waals surface area contributed by atoms with Crippen molar-refractivity contribution >= 4 is 17.8 Å². The van der Waals surface area contributed by atoms with Gasteiger partial charge in [0, 0.05) is 58.2 Å². The molecule has 2 aliphatic rings. The van der Waals surface area contributed by atoms with Crippen LogP contribution in [0.15, 0.2) is 24.3 Å². The van der Waals surface area contributed by atoms with E-state index < -0.39 is 17.7 Å². The van der Waals surface area contributed by atoms with Gasteiger partial charge in [0.15, 0.2) is 0 Å². The Hall–Kier alpha value is -2.62. The van der Waals surface area contributed by atoms with Crippen LogP contribution < -0.4 is 0 Å². The maximum Gasteiger partial charge on any atom is 0.416 e. The van der Waals surface area contributed by atoms with Crippen molar-refractivity contribution in [3.8, 4) is 0 Å². The van der Waals surface area contributed by atoms with Crippen molar-refractivity contribution in [3.63, 3.8) is 0 Å². The number of halogens is 3. The average Bonchev–Trinajstić information content (AvgIpc) is 2.77. The third-order valence-electron chi connectivity index (χ3n) is 6.71. The number of rotatable bonds is 6. The first-order valence-electron chi connectivity index (χ1n) is 11.2. The van der Waals surface area contributed by atoms with Crippen molar-refractivity contribution in [2.45, 2.75) is 32.4 Å². The number of carboxylic acids is 1. The third-order valence-corrected chi connectivity index (χ3v) is 6.71. The number of hydrogen-bond donors (Lipinski definition) is 1. The van der Waals surface area contributed by atoms with Crippen LogP contribution in [0.1, 0.15) is 42.1 Å². The molecule has 182 valence electrons. The molecule has 0 saturated carbocycles. The fourth-order valence-electron chi connectivity index (χ4n) is 4.70. The number of likely N-dealkylation sites (tertiary alicyclic amines) is 1. The van der Waals surface area contributed by atoms with Gasteiger partial charge in [-0.2, -0.15) is 13.2 Å². The number of carboxylic acid groups (broad SMARTS) is 1. The van der Waals surface area contributed by atoms with Gasteiger partial charge >= 0.3 is 12.1 Å². The lowest BCUT2D eigenvalue weighted by molar-refractivity contribution is -0.139. The van der Waals surface area contributed by atoms with Crippen molar-refractivity contribution in [2.75, 3.05) is 45.8 Å². The summed E-state index contributed by atoms with van der Waals surface area (Å²) >= 11 is 0. The summed E-state index contributed by atoms with van der Waals surface area (Å²) in [6.07, 6.45) is -3.17. The maximum absolute atomic E-state index is 12.9. The minimum Gasteiger partial charge on any atom is -0.481 e. The fourth-order valence-corrected chi connectivity index (χ4v) is 4.70. The van der Waals surface area contributed by atoms with Gasteiger partial charge in [0.25, 0.3) is 5.91 Å². The van der Waals surface area contributed by atoms with Crippen LogP contribution in [0.4, 0.5) is 13.2 Å². The second-order valence-electron chi connectivity index (χ2n) is 8.87. The highest BCUT2D eigenvalue weighted by Crippen LogP contribution is 2.32. The van der Waals surface area contributed by atoms with E-state index in [-0.39, 0.29) is 35.6 Å². The van der Waals surface area contributed by atoms with Gasteiger partial charge in [0.1, 0.15) is 0 Å². The summed E-state index contributed by atoms with van der Waals surface area (Å²) in [4.78, 5) is 41.4. The molecule has 3 rings (SSSR count). The molecule has 1 aromatic carbocycles. The van der Waals surface area contributed by atoms with E-state index >= 15 is 0 Å². The Balaban J connectivity index is 1.62. The van der Waals surface area contributed by atoms with Crippen molar-refractivity contribution in [1.29, 1.82) is 0 Å². The van der Waals surface area contributed by atoms with Crippen LogP contribution in [-0.4, -0.2) is 83.4 Å². The molecule has 7 nitrogen and oxygen atoms in total. The number of alkyl halides is 3. The van der Waals surface area contributed by atoms with E-state index in [2.05, 4.69) is 4.90 Å². The molecule has 2 unspecified atom stereocenters. The van der Waals surface area contributed by atoms with Crippen molar-refractivity contribution in [1.82, 2.24) is 14.7 Å². The van der Waals surface area contributed by atoms with Crippen LogP contribution in [0, 0.1) is 11.8 Å². The highest BCUT2D eigenvalue weighted by molar-refractivity contribution is 5.94. The van der Waals surface area contributed by atoms with Crippen molar-refractivity contribution in [3.05, 3.63) is 35.4 Å². The molecule has 10 heteroatoms. The summed E-state index contributed by atoms with van der Waals surface area (Å²) < 4.78 is 38.4. The lowest BCUT2D eigenvalue weighted by Gasteiger charge is -2.40. The number of piperidine rings is 1. The summed E-state index contributed by atoms with van der Waals surface area (Å²) in [7, 11) is 0. The molecule has 33 heavy (non-hydrogen) atoms. The molecule has 1 N–H and O–H groups in total. The van der Waals surface area contributed by atoms with E-state index in [1.807, 2.05) is 0 Å². The lowest BCUT2D eigenvalue weighted by Crippen LogP contribution is -2.49. The summed E-state index contributed by atoms with van der Waals surface area (Å²) in [5, 5.41) is 9.31. The topological polar surface area (TPSA) is 81.2 Å². The summed E-state index contributed by atoms with van der Waals surface area (Å²) in [6.45, 7) is 5.89. The molecule has 0 aromatic heterocycles. The zero-order valence-corrected chi connectivity index (χ0v) is 18.7. The first kappa shape index (κ1) is 25.0. The third kappa shape index (κ3) is 6.69. The van der Waals surface area contributed by atoms with E-state index in [1.165, 1.54) is 12.1 Å². The van der Waals surface area contributed by atoms with E-state index in [9.17, 15) is 32.7 Å². The molecule has 0 bridgehead atoms. The molecular weight excluding hydrogens is 439 g/mol. The molecule has 2 fully saturated rings. The van der Waals surface area contributed by atoms with Crippen LogP contribution in [0.3, 0.4) is 0 Å². The number of nitrogens with zero attached hydrogens (tertiary/aromatic N) is 3. The molecule has 2 atom stereocenters. The van der Waals surface area contributed by atoms with Gasteiger partial charge < -0.3 is 14.9 Å². The first-order chi connectivity index (χ1) is 15.5. The molecule has 2 amide bonds. The summed E-state index contributed by atoms with van der Waals surface area (Å²) in [5.74, 6) is -1.22. The standard InChI is InChI=1S/C23H30F3N3O4/c1-16(30)28-12-10-27(11-13-28)8-6-19-15-29(9-7-18(19)14-21(31)32)22(33)17-2-4-20(5-3-17)23(24,25)26/h2-5,18-19H,6-15H2,1H3,(H,31,32). The Kier molecular flexibility index (Phi) is 7.99. The monoisotopic (exact) mass is 469 g/mol. The normalized spacial score (nSPS) is 22.3. The maximum atomic E-state index is 12.9. The minimum absolute atomic E-state index is 0.0147. The molecular formula is C23H30F3N3O4. The van der Waals surface area contributed by atoms with Crippen LogP contribution in [0.25, 0.3) is 0 Å². The number of amides is 2. The fraction of sp³-hybridized carbons (Fsp3) is 0.609. The van der Waals surface area contributed by atoms with Gasteiger partial charge in [-0.3, -0.25) is 19.3 Å². The number of carbonyl (C=O) groups is 3. The Bertz CT molecular complexity index is 852. The van der Waals surface area contributed by atoms with E-state index in [4.69, 9.17) is 0 Å². The smallest absolute Gasteiger partial charge is 0.416 e. The van der Waals surface area contributed by atoms with Crippen LogP contribution in [0.5, 0.6) is 0 Å². The zero-order valence-electron chi connectivity index (χ0n) is 18.7. The van der Waals surface area contributed by atoms with Crippen LogP contribution >= 0.6 is 0 Å². The minimum atomic E-state index is -4.46. The predicted molar refractivity (Wildman–Crippen MR) is 115 cm³/mol. The highest BCUT2D eigenvalue weighted by atomic mass is 19.4. The Labute approximate surface area is 191 Å². The number of carbonyl (C=O) groups excluding carboxylic acids is 2.